The van der Waals surface area contributed by atoms with Crippen LogP contribution in [0.3, 0.4) is 0 Å². The number of carbonyl (C=O) groups excluding carboxylic acids is 2. The fourth-order valence-corrected chi connectivity index (χ4v) is 5.41. The van der Waals surface area contributed by atoms with E-state index in [1.807, 2.05) is 71.6 Å². The number of piperazine rings is 1. The van der Waals surface area contributed by atoms with Gasteiger partial charge in [0.2, 0.25) is 5.91 Å². The smallest absolute Gasteiger partial charge is 0.254 e. The molecular formula is C31H33N3O3. The summed E-state index contributed by atoms with van der Waals surface area (Å²) >= 11 is 0. The number of hydrogen-bond acceptors (Lipinski definition) is 4. The monoisotopic (exact) mass is 495 g/mol. The second kappa shape index (κ2) is 11.0. The molecule has 0 N–H and O–H groups in total. The molecule has 2 atom stereocenters. The predicted molar refractivity (Wildman–Crippen MR) is 146 cm³/mol. The maximum atomic E-state index is 14.1. The van der Waals surface area contributed by atoms with E-state index < -0.39 is 5.92 Å². The molecule has 0 bridgehead atoms. The van der Waals surface area contributed by atoms with E-state index in [1.54, 1.807) is 19.1 Å². The zero-order chi connectivity index (χ0) is 25.8. The average Bonchev–Trinajstić information content (AvgIpc) is 2.95. The summed E-state index contributed by atoms with van der Waals surface area (Å²) in [5.74, 6) is 0.300. The summed E-state index contributed by atoms with van der Waals surface area (Å²) in [5, 5.41) is 0. The van der Waals surface area contributed by atoms with Gasteiger partial charge in [0, 0.05) is 45.3 Å². The quantitative estimate of drug-likeness (QED) is 0.507. The highest BCUT2D eigenvalue weighted by Crippen LogP contribution is 2.43. The summed E-state index contributed by atoms with van der Waals surface area (Å²) in [5.41, 5.74) is 3.53. The first-order valence-electron chi connectivity index (χ1n) is 12.8. The molecule has 2 unspecified atom stereocenters. The largest absolute Gasteiger partial charge is 0.497 e. The molecule has 3 aromatic carbocycles. The third kappa shape index (κ3) is 5.16. The normalized spacial score (nSPS) is 20.2. The van der Waals surface area contributed by atoms with Crippen LogP contribution in [0.4, 0.5) is 0 Å². The van der Waals surface area contributed by atoms with E-state index >= 15 is 0 Å². The molecule has 5 rings (SSSR count). The highest BCUT2D eigenvalue weighted by atomic mass is 16.5. The Hall–Kier alpha value is -3.90. The van der Waals surface area contributed by atoms with Gasteiger partial charge in [-0.2, -0.15) is 0 Å². The zero-order valence-corrected chi connectivity index (χ0v) is 21.4. The summed E-state index contributed by atoms with van der Waals surface area (Å²) in [7, 11) is 3.43. The van der Waals surface area contributed by atoms with Crippen molar-refractivity contribution in [2.75, 3.05) is 46.9 Å². The fourth-order valence-electron chi connectivity index (χ4n) is 5.41. The van der Waals surface area contributed by atoms with Crippen LogP contribution in [0.2, 0.25) is 0 Å². The third-order valence-corrected chi connectivity index (χ3v) is 7.46. The van der Waals surface area contributed by atoms with Gasteiger partial charge in [0.15, 0.2) is 0 Å². The van der Waals surface area contributed by atoms with Crippen LogP contribution in [0.5, 0.6) is 5.75 Å². The van der Waals surface area contributed by atoms with Gasteiger partial charge in [0.05, 0.1) is 19.1 Å². The Labute approximate surface area is 218 Å². The van der Waals surface area contributed by atoms with Crippen LogP contribution >= 0.6 is 0 Å². The lowest BCUT2D eigenvalue weighted by Gasteiger charge is -2.43. The molecule has 6 heteroatoms. The Morgan fingerprint density at radius 3 is 2.30 bits per heavy atom. The molecule has 0 aliphatic carbocycles. The van der Waals surface area contributed by atoms with E-state index in [0.29, 0.717) is 18.7 Å². The molecule has 3 aromatic rings. The van der Waals surface area contributed by atoms with Crippen molar-refractivity contribution >= 4 is 17.9 Å². The molecule has 0 saturated carbocycles. The molecule has 0 aromatic heterocycles. The third-order valence-electron chi connectivity index (χ3n) is 7.46. The van der Waals surface area contributed by atoms with Crippen LogP contribution in [0.1, 0.15) is 39.0 Å². The summed E-state index contributed by atoms with van der Waals surface area (Å²) < 4.78 is 5.33. The first-order chi connectivity index (χ1) is 18.1. The van der Waals surface area contributed by atoms with E-state index in [1.165, 1.54) is 5.56 Å². The van der Waals surface area contributed by atoms with Gasteiger partial charge in [0.1, 0.15) is 5.75 Å². The summed E-state index contributed by atoms with van der Waals surface area (Å²) in [4.78, 5) is 33.4. The van der Waals surface area contributed by atoms with E-state index in [0.717, 1.165) is 36.5 Å². The van der Waals surface area contributed by atoms with Crippen molar-refractivity contribution in [2.45, 2.75) is 12.0 Å². The lowest BCUT2D eigenvalue weighted by molar-refractivity contribution is -0.136. The number of benzene rings is 3. The predicted octanol–water partition coefficient (Wildman–Crippen LogP) is 4.46. The SMILES string of the molecule is COc1ccc(C2C(C(=O)N3CCN(CC=Cc4ccccc4)CC3)c3ccccc3C(=O)N2C)cc1. The van der Waals surface area contributed by atoms with Crippen molar-refractivity contribution in [3.63, 3.8) is 0 Å². The van der Waals surface area contributed by atoms with Gasteiger partial charge in [-0.3, -0.25) is 14.5 Å². The fraction of sp³-hybridized carbons (Fsp3) is 0.290. The molecule has 1 saturated heterocycles. The van der Waals surface area contributed by atoms with Gasteiger partial charge in [-0.1, -0.05) is 72.8 Å². The van der Waals surface area contributed by atoms with Gasteiger partial charge >= 0.3 is 0 Å². The highest BCUT2D eigenvalue weighted by Gasteiger charge is 2.44. The number of ether oxygens (including phenoxy) is 1. The minimum atomic E-state index is -0.461. The first-order valence-corrected chi connectivity index (χ1v) is 12.8. The minimum Gasteiger partial charge on any atom is -0.497 e. The Balaban J connectivity index is 1.34. The van der Waals surface area contributed by atoms with Crippen LogP contribution in [-0.4, -0.2) is 73.4 Å². The lowest BCUT2D eigenvalue weighted by Crippen LogP contribution is -2.52. The van der Waals surface area contributed by atoms with E-state index in [2.05, 4.69) is 29.2 Å². The standard InChI is InChI=1S/C31H33N3O3/c1-32-29(24-14-16-25(37-2)17-15-24)28(26-12-6-7-13-27(26)30(32)35)31(36)34-21-19-33(20-22-34)18-8-11-23-9-4-3-5-10-23/h3-17,28-29H,18-22H2,1-2H3. The van der Waals surface area contributed by atoms with E-state index in [-0.39, 0.29) is 17.9 Å². The molecular weight excluding hydrogens is 462 g/mol. The maximum Gasteiger partial charge on any atom is 0.254 e. The Morgan fingerprint density at radius 1 is 0.919 bits per heavy atom. The zero-order valence-electron chi connectivity index (χ0n) is 21.4. The highest BCUT2D eigenvalue weighted by molar-refractivity contribution is 6.01. The minimum absolute atomic E-state index is 0.0597. The van der Waals surface area contributed by atoms with E-state index in [9.17, 15) is 9.59 Å². The number of rotatable bonds is 6. The molecule has 190 valence electrons. The van der Waals surface area contributed by atoms with Crippen molar-refractivity contribution in [1.82, 2.24) is 14.7 Å². The van der Waals surface area contributed by atoms with Crippen molar-refractivity contribution in [1.29, 1.82) is 0 Å². The van der Waals surface area contributed by atoms with Crippen molar-refractivity contribution in [3.8, 4) is 5.75 Å². The van der Waals surface area contributed by atoms with E-state index in [4.69, 9.17) is 4.74 Å². The Bertz CT molecular complexity index is 1260. The number of methoxy groups -OCH3 is 1. The van der Waals surface area contributed by atoms with Gasteiger partial charge in [-0.25, -0.2) is 0 Å². The van der Waals surface area contributed by atoms with Gasteiger partial charge in [-0.15, -0.1) is 0 Å². The Kier molecular flexibility index (Phi) is 7.37. The number of amides is 2. The second-order valence-electron chi connectivity index (χ2n) is 9.64. The molecule has 2 aliphatic heterocycles. The van der Waals surface area contributed by atoms with Crippen LogP contribution in [0.25, 0.3) is 6.08 Å². The number of nitrogens with zero attached hydrogens (tertiary/aromatic N) is 3. The molecule has 0 radical (unpaired) electrons. The van der Waals surface area contributed by atoms with Crippen molar-refractivity contribution < 1.29 is 14.3 Å². The molecule has 0 spiro atoms. The van der Waals surface area contributed by atoms with Crippen LogP contribution in [0, 0.1) is 0 Å². The molecule has 2 amide bonds. The summed E-state index contributed by atoms with van der Waals surface area (Å²) in [6.07, 6.45) is 4.33. The topological polar surface area (TPSA) is 53.1 Å². The first kappa shape index (κ1) is 24.8. The van der Waals surface area contributed by atoms with Gasteiger partial charge < -0.3 is 14.5 Å². The lowest BCUT2D eigenvalue weighted by atomic mass is 9.79. The summed E-state index contributed by atoms with van der Waals surface area (Å²) in [6.45, 7) is 3.84. The van der Waals surface area contributed by atoms with Crippen LogP contribution in [0.15, 0.2) is 84.9 Å². The van der Waals surface area contributed by atoms with Crippen LogP contribution < -0.4 is 4.74 Å². The number of fused-ring (bicyclic) bond motifs is 1. The maximum absolute atomic E-state index is 14.1. The number of carbonyl (C=O) groups is 2. The molecule has 1 fully saturated rings. The number of likely N-dealkylation sites (N-methyl/N-ethyl adjacent to an activating group) is 1. The Morgan fingerprint density at radius 2 is 1.59 bits per heavy atom. The molecule has 2 aliphatic rings. The second-order valence-corrected chi connectivity index (χ2v) is 9.64. The summed E-state index contributed by atoms with van der Waals surface area (Å²) in [6, 6.07) is 25.1. The van der Waals surface area contributed by atoms with Gasteiger partial charge in [-0.05, 0) is 34.9 Å². The van der Waals surface area contributed by atoms with Crippen LogP contribution in [-0.2, 0) is 4.79 Å². The average molecular weight is 496 g/mol. The molecule has 2 heterocycles. The van der Waals surface area contributed by atoms with Crippen molar-refractivity contribution in [3.05, 3.63) is 107 Å². The molecule has 6 nitrogen and oxygen atoms in total. The number of hydrogen-bond donors (Lipinski definition) is 0. The van der Waals surface area contributed by atoms with Gasteiger partial charge in [0.25, 0.3) is 5.91 Å². The van der Waals surface area contributed by atoms with Crippen molar-refractivity contribution in [2.24, 2.45) is 0 Å². The molecule has 37 heavy (non-hydrogen) atoms.